The second-order valence-corrected chi connectivity index (χ2v) is 11.3. The summed E-state index contributed by atoms with van der Waals surface area (Å²) in [4.78, 5) is 18.7. The first kappa shape index (κ1) is 21.9. The Morgan fingerprint density at radius 2 is 1.74 bits per heavy atom. The Bertz CT molecular complexity index is 1180. The summed E-state index contributed by atoms with van der Waals surface area (Å²) in [5.41, 5.74) is 0.562. The van der Waals surface area contributed by atoms with E-state index in [1.54, 1.807) is 18.3 Å². The standard InChI is InChI=1S/C22H22ClN3O3S2/c1-26-15-14-24-21(26)30-18-8-6-17(7-9-18)25-20(27)22(12-2-3-13-22)31(28,29)19-10-4-16(23)5-11-19/h4-11,14-15H,2-3,12-13H2,1H3,(H,25,27). The molecule has 1 fully saturated rings. The molecule has 1 amide bonds. The average molecular weight is 476 g/mol. The third-order valence-electron chi connectivity index (χ3n) is 5.56. The molecule has 162 valence electrons. The Balaban J connectivity index is 1.55. The van der Waals surface area contributed by atoms with Crippen molar-refractivity contribution in [2.75, 3.05) is 5.32 Å². The third-order valence-corrected chi connectivity index (χ3v) is 9.41. The zero-order valence-corrected chi connectivity index (χ0v) is 19.3. The second kappa shape index (κ2) is 8.68. The first-order chi connectivity index (χ1) is 14.8. The highest BCUT2D eigenvalue weighted by atomic mass is 35.5. The van der Waals surface area contributed by atoms with E-state index in [1.807, 2.05) is 29.9 Å². The summed E-state index contributed by atoms with van der Waals surface area (Å²) >= 11 is 7.42. The maximum Gasteiger partial charge on any atom is 0.246 e. The first-order valence-electron chi connectivity index (χ1n) is 9.89. The fourth-order valence-electron chi connectivity index (χ4n) is 3.81. The molecule has 9 heteroatoms. The Kier molecular flexibility index (Phi) is 6.14. The van der Waals surface area contributed by atoms with Crippen LogP contribution in [0.1, 0.15) is 25.7 Å². The summed E-state index contributed by atoms with van der Waals surface area (Å²) in [7, 11) is -1.95. The van der Waals surface area contributed by atoms with Gasteiger partial charge >= 0.3 is 0 Å². The van der Waals surface area contributed by atoms with Gasteiger partial charge in [-0.2, -0.15) is 0 Å². The van der Waals surface area contributed by atoms with Crippen LogP contribution in [0.4, 0.5) is 5.69 Å². The number of nitrogens with one attached hydrogen (secondary N) is 1. The molecule has 1 N–H and O–H groups in total. The smallest absolute Gasteiger partial charge is 0.246 e. The Labute approximate surface area is 190 Å². The molecule has 1 saturated carbocycles. The van der Waals surface area contributed by atoms with Gasteiger partial charge in [0, 0.05) is 35.0 Å². The Morgan fingerprint density at radius 3 is 2.32 bits per heavy atom. The number of benzene rings is 2. The molecule has 1 aromatic heterocycles. The molecular formula is C22H22ClN3O3S2. The quantitative estimate of drug-likeness (QED) is 0.545. The number of halogens is 1. The van der Waals surface area contributed by atoms with Crippen molar-refractivity contribution in [3.63, 3.8) is 0 Å². The molecule has 0 atom stereocenters. The number of hydrogen-bond donors (Lipinski definition) is 1. The fraction of sp³-hybridized carbons (Fsp3) is 0.273. The van der Waals surface area contributed by atoms with Crippen LogP contribution in [-0.4, -0.2) is 28.6 Å². The zero-order chi connectivity index (χ0) is 22.1. The molecule has 0 bridgehead atoms. The van der Waals surface area contributed by atoms with E-state index < -0.39 is 20.5 Å². The van der Waals surface area contributed by atoms with Crippen LogP contribution in [0.15, 0.2) is 75.9 Å². The van der Waals surface area contributed by atoms with Crippen LogP contribution in [0, 0.1) is 0 Å². The van der Waals surface area contributed by atoms with E-state index in [-0.39, 0.29) is 4.90 Å². The number of anilines is 1. The van der Waals surface area contributed by atoms with Crippen molar-refractivity contribution in [2.45, 2.75) is 45.4 Å². The number of amides is 1. The maximum absolute atomic E-state index is 13.4. The van der Waals surface area contributed by atoms with Crippen LogP contribution in [0.2, 0.25) is 5.02 Å². The van der Waals surface area contributed by atoms with Crippen molar-refractivity contribution >= 4 is 44.8 Å². The van der Waals surface area contributed by atoms with Gasteiger partial charge in [-0.1, -0.05) is 36.2 Å². The Morgan fingerprint density at radius 1 is 1.10 bits per heavy atom. The van der Waals surface area contributed by atoms with E-state index in [2.05, 4.69) is 10.3 Å². The first-order valence-corrected chi connectivity index (χ1v) is 12.6. The van der Waals surface area contributed by atoms with Gasteiger partial charge in [-0.25, -0.2) is 13.4 Å². The molecule has 0 unspecified atom stereocenters. The van der Waals surface area contributed by atoms with Gasteiger partial charge in [0.15, 0.2) is 19.7 Å². The van der Waals surface area contributed by atoms with E-state index in [0.29, 0.717) is 36.4 Å². The molecular weight excluding hydrogens is 454 g/mol. The second-order valence-electron chi connectivity index (χ2n) is 7.56. The lowest BCUT2D eigenvalue weighted by Crippen LogP contribution is -2.47. The van der Waals surface area contributed by atoms with Crippen molar-refractivity contribution < 1.29 is 13.2 Å². The minimum Gasteiger partial charge on any atom is -0.329 e. The SMILES string of the molecule is Cn1ccnc1Sc1ccc(NC(=O)C2(S(=O)(=O)c3ccc(Cl)cc3)CCCC2)cc1. The molecule has 4 rings (SSSR count). The van der Waals surface area contributed by atoms with Gasteiger partial charge in [0.25, 0.3) is 0 Å². The van der Waals surface area contributed by atoms with Gasteiger partial charge in [0.2, 0.25) is 5.91 Å². The monoisotopic (exact) mass is 475 g/mol. The summed E-state index contributed by atoms with van der Waals surface area (Å²) in [5, 5.41) is 4.14. The third kappa shape index (κ3) is 4.24. The summed E-state index contributed by atoms with van der Waals surface area (Å²) in [5.74, 6) is -0.482. The number of sulfone groups is 1. The highest BCUT2D eigenvalue weighted by Crippen LogP contribution is 2.41. The molecule has 6 nitrogen and oxygen atoms in total. The van der Waals surface area contributed by atoms with E-state index in [1.165, 1.54) is 36.0 Å². The molecule has 0 aliphatic heterocycles. The van der Waals surface area contributed by atoms with Crippen LogP contribution in [0.3, 0.4) is 0 Å². The molecule has 1 aliphatic carbocycles. The summed E-state index contributed by atoms with van der Waals surface area (Å²) in [6.45, 7) is 0. The minimum absolute atomic E-state index is 0.121. The fourth-order valence-corrected chi connectivity index (χ4v) is 6.80. The topological polar surface area (TPSA) is 81.1 Å². The van der Waals surface area contributed by atoms with Gasteiger partial charge in [0.05, 0.1) is 4.90 Å². The van der Waals surface area contributed by atoms with Gasteiger partial charge < -0.3 is 9.88 Å². The number of nitrogens with zero attached hydrogens (tertiary/aromatic N) is 2. The molecule has 2 aromatic carbocycles. The van der Waals surface area contributed by atoms with Crippen molar-refractivity contribution in [3.05, 3.63) is 65.9 Å². The largest absolute Gasteiger partial charge is 0.329 e. The van der Waals surface area contributed by atoms with Gasteiger partial charge in [-0.3, -0.25) is 4.79 Å². The van der Waals surface area contributed by atoms with E-state index >= 15 is 0 Å². The summed E-state index contributed by atoms with van der Waals surface area (Å²) in [6.07, 6.45) is 5.60. The number of carbonyl (C=O) groups is 1. The normalized spacial score (nSPS) is 15.7. The lowest BCUT2D eigenvalue weighted by molar-refractivity contribution is -0.118. The van der Waals surface area contributed by atoms with Crippen molar-refractivity contribution in [1.82, 2.24) is 9.55 Å². The number of rotatable bonds is 6. The minimum atomic E-state index is -3.87. The molecule has 1 heterocycles. The number of aryl methyl sites for hydroxylation is 1. The lowest BCUT2D eigenvalue weighted by atomic mass is 10.1. The van der Waals surface area contributed by atoms with Crippen LogP contribution in [-0.2, 0) is 21.7 Å². The molecule has 0 spiro atoms. The Hall–Kier alpha value is -2.29. The predicted molar refractivity (Wildman–Crippen MR) is 122 cm³/mol. The van der Waals surface area contributed by atoms with Gasteiger partial charge in [-0.05, 0) is 61.4 Å². The molecule has 31 heavy (non-hydrogen) atoms. The molecule has 3 aromatic rings. The van der Waals surface area contributed by atoms with E-state index in [4.69, 9.17) is 11.6 Å². The number of imidazole rings is 1. The highest BCUT2D eigenvalue weighted by molar-refractivity contribution is 7.99. The van der Waals surface area contributed by atoms with E-state index in [0.717, 1.165) is 10.1 Å². The van der Waals surface area contributed by atoms with Crippen molar-refractivity contribution in [1.29, 1.82) is 0 Å². The van der Waals surface area contributed by atoms with Gasteiger partial charge in [-0.15, -0.1) is 0 Å². The highest BCUT2D eigenvalue weighted by Gasteiger charge is 2.52. The van der Waals surface area contributed by atoms with Crippen LogP contribution < -0.4 is 5.32 Å². The van der Waals surface area contributed by atoms with Crippen LogP contribution in [0.5, 0.6) is 0 Å². The molecule has 0 saturated heterocycles. The number of hydrogen-bond acceptors (Lipinski definition) is 5. The van der Waals surface area contributed by atoms with Crippen molar-refractivity contribution in [2.24, 2.45) is 7.05 Å². The maximum atomic E-state index is 13.4. The zero-order valence-electron chi connectivity index (χ0n) is 16.9. The van der Waals surface area contributed by atoms with E-state index in [9.17, 15) is 13.2 Å². The van der Waals surface area contributed by atoms with Gasteiger partial charge in [0.1, 0.15) is 0 Å². The predicted octanol–water partition coefficient (Wildman–Crippen LogP) is 4.95. The number of aromatic nitrogens is 2. The van der Waals surface area contributed by atoms with Crippen LogP contribution >= 0.6 is 23.4 Å². The lowest BCUT2D eigenvalue weighted by Gasteiger charge is -2.27. The summed E-state index contributed by atoms with van der Waals surface area (Å²) < 4.78 is 27.3. The molecule has 1 aliphatic rings. The number of carbonyl (C=O) groups excluding carboxylic acids is 1. The van der Waals surface area contributed by atoms with Crippen molar-refractivity contribution in [3.8, 4) is 0 Å². The average Bonchev–Trinajstić information content (AvgIpc) is 3.40. The summed E-state index contributed by atoms with van der Waals surface area (Å²) in [6, 6.07) is 13.3. The van der Waals surface area contributed by atoms with Crippen LogP contribution in [0.25, 0.3) is 0 Å². The molecule has 0 radical (unpaired) electrons.